The molecular formula is C20H21NO4. The molecule has 1 aliphatic rings. The molecule has 0 bridgehead atoms. The number of para-hydroxylation sites is 1. The first-order chi connectivity index (χ1) is 12.1. The van der Waals surface area contributed by atoms with Gasteiger partial charge in [0.25, 0.3) is 5.91 Å². The SMILES string of the molecule is C[C@H](OC(=O)c1ccccc1COc1ccccc1)C(=O)NC1CC1. The third-order valence-electron chi connectivity index (χ3n) is 3.95. The second-order valence-electron chi connectivity index (χ2n) is 6.09. The number of amides is 1. The van der Waals surface area contributed by atoms with Gasteiger partial charge >= 0.3 is 5.97 Å². The molecule has 0 unspecified atom stereocenters. The summed E-state index contributed by atoms with van der Waals surface area (Å²) < 4.78 is 11.0. The van der Waals surface area contributed by atoms with Gasteiger partial charge in [-0.05, 0) is 38.0 Å². The minimum absolute atomic E-state index is 0.236. The maximum absolute atomic E-state index is 12.4. The Morgan fingerprint density at radius 3 is 2.48 bits per heavy atom. The number of nitrogens with one attached hydrogen (secondary N) is 1. The summed E-state index contributed by atoms with van der Waals surface area (Å²) in [7, 11) is 0. The first-order valence-electron chi connectivity index (χ1n) is 8.40. The van der Waals surface area contributed by atoms with Gasteiger partial charge in [0, 0.05) is 11.6 Å². The van der Waals surface area contributed by atoms with E-state index >= 15 is 0 Å². The zero-order chi connectivity index (χ0) is 17.6. The van der Waals surface area contributed by atoms with Crippen molar-refractivity contribution < 1.29 is 19.1 Å². The quantitative estimate of drug-likeness (QED) is 0.787. The summed E-state index contributed by atoms with van der Waals surface area (Å²) in [6.07, 6.45) is 1.16. The maximum Gasteiger partial charge on any atom is 0.339 e. The second kappa shape index (κ2) is 7.83. The number of carbonyl (C=O) groups excluding carboxylic acids is 2. The predicted octanol–water partition coefficient (Wildman–Crippen LogP) is 3.09. The van der Waals surface area contributed by atoms with E-state index < -0.39 is 12.1 Å². The van der Waals surface area contributed by atoms with E-state index in [0.29, 0.717) is 11.1 Å². The van der Waals surface area contributed by atoms with Gasteiger partial charge in [0.2, 0.25) is 0 Å². The molecule has 2 aromatic rings. The van der Waals surface area contributed by atoms with E-state index in [2.05, 4.69) is 5.32 Å². The van der Waals surface area contributed by atoms with Gasteiger partial charge in [-0.1, -0.05) is 36.4 Å². The summed E-state index contributed by atoms with van der Waals surface area (Å²) >= 11 is 0. The van der Waals surface area contributed by atoms with E-state index in [1.165, 1.54) is 0 Å². The Hall–Kier alpha value is -2.82. The van der Waals surface area contributed by atoms with E-state index in [1.54, 1.807) is 19.1 Å². The van der Waals surface area contributed by atoms with Gasteiger partial charge in [0.1, 0.15) is 12.4 Å². The van der Waals surface area contributed by atoms with Crippen LogP contribution < -0.4 is 10.1 Å². The smallest absolute Gasteiger partial charge is 0.339 e. The van der Waals surface area contributed by atoms with Gasteiger partial charge in [-0.25, -0.2) is 4.79 Å². The van der Waals surface area contributed by atoms with Crippen LogP contribution in [-0.4, -0.2) is 24.0 Å². The first kappa shape index (κ1) is 17.0. The summed E-state index contributed by atoms with van der Waals surface area (Å²) in [5, 5.41) is 2.83. The Morgan fingerprint density at radius 2 is 1.76 bits per heavy atom. The maximum atomic E-state index is 12.4. The Labute approximate surface area is 147 Å². The molecule has 1 fully saturated rings. The van der Waals surface area contributed by atoms with Crippen molar-refractivity contribution >= 4 is 11.9 Å². The van der Waals surface area contributed by atoms with Gasteiger partial charge in [0.15, 0.2) is 6.10 Å². The van der Waals surface area contributed by atoms with Crippen LogP contribution in [0, 0.1) is 0 Å². The van der Waals surface area contributed by atoms with Crippen molar-refractivity contribution in [3.8, 4) is 5.75 Å². The Kier molecular flexibility index (Phi) is 5.33. The van der Waals surface area contributed by atoms with Gasteiger partial charge in [-0.15, -0.1) is 0 Å². The number of benzene rings is 2. The zero-order valence-corrected chi connectivity index (χ0v) is 14.1. The highest BCUT2D eigenvalue weighted by atomic mass is 16.5. The van der Waals surface area contributed by atoms with Gasteiger partial charge in [-0.2, -0.15) is 0 Å². The molecule has 2 aromatic carbocycles. The molecule has 1 atom stereocenters. The summed E-state index contributed by atoms with van der Waals surface area (Å²) in [4.78, 5) is 24.4. The molecular weight excluding hydrogens is 318 g/mol. The minimum Gasteiger partial charge on any atom is -0.489 e. The van der Waals surface area contributed by atoms with Crippen molar-refractivity contribution in [3.05, 3.63) is 65.7 Å². The molecule has 0 aliphatic heterocycles. The van der Waals surface area contributed by atoms with Crippen molar-refractivity contribution in [2.24, 2.45) is 0 Å². The van der Waals surface area contributed by atoms with Crippen LogP contribution in [0.4, 0.5) is 0 Å². The van der Waals surface area contributed by atoms with Crippen LogP contribution in [0.25, 0.3) is 0 Å². The highest BCUT2D eigenvalue weighted by Crippen LogP contribution is 2.19. The molecule has 5 heteroatoms. The van der Waals surface area contributed by atoms with Crippen LogP contribution in [0.2, 0.25) is 0 Å². The largest absolute Gasteiger partial charge is 0.489 e. The van der Waals surface area contributed by atoms with E-state index in [4.69, 9.17) is 9.47 Å². The molecule has 1 amide bonds. The molecule has 1 aliphatic carbocycles. The van der Waals surface area contributed by atoms with Crippen molar-refractivity contribution in [1.82, 2.24) is 5.32 Å². The minimum atomic E-state index is -0.823. The average Bonchev–Trinajstić information content (AvgIpc) is 3.45. The lowest BCUT2D eigenvalue weighted by molar-refractivity contribution is -0.129. The van der Waals surface area contributed by atoms with E-state index in [0.717, 1.165) is 18.6 Å². The Balaban J connectivity index is 1.62. The Morgan fingerprint density at radius 1 is 1.08 bits per heavy atom. The second-order valence-corrected chi connectivity index (χ2v) is 6.09. The zero-order valence-electron chi connectivity index (χ0n) is 14.1. The van der Waals surface area contributed by atoms with Crippen molar-refractivity contribution in [2.75, 3.05) is 0 Å². The lowest BCUT2D eigenvalue weighted by Gasteiger charge is -2.15. The van der Waals surface area contributed by atoms with Crippen LogP contribution in [0.3, 0.4) is 0 Å². The van der Waals surface area contributed by atoms with Crippen molar-refractivity contribution in [2.45, 2.75) is 38.5 Å². The Bertz CT molecular complexity index is 740. The van der Waals surface area contributed by atoms with E-state index in [-0.39, 0.29) is 18.6 Å². The van der Waals surface area contributed by atoms with Crippen LogP contribution in [-0.2, 0) is 16.1 Å². The number of rotatable bonds is 7. The molecule has 1 saturated carbocycles. The molecule has 0 spiro atoms. The average molecular weight is 339 g/mol. The third kappa shape index (κ3) is 4.83. The number of esters is 1. The number of hydrogen-bond acceptors (Lipinski definition) is 4. The molecule has 0 radical (unpaired) electrons. The molecule has 3 rings (SSSR count). The molecule has 25 heavy (non-hydrogen) atoms. The highest BCUT2D eigenvalue weighted by Gasteiger charge is 2.27. The van der Waals surface area contributed by atoms with E-state index in [1.807, 2.05) is 42.5 Å². The summed E-state index contributed by atoms with van der Waals surface area (Å²) in [5.41, 5.74) is 1.12. The molecule has 0 heterocycles. The van der Waals surface area contributed by atoms with Gasteiger partial charge in [-0.3, -0.25) is 4.79 Å². The predicted molar refractivity (Wildman–Crippen MR) is 93.3 cm³/mol. The summed E-state index contributed by atoms with van der Waals surface area (Å²) in [6.45, 7) is 1.83. The van der Waals surface area contributed by atoms with Crippen LogP contribution >= 0.6 is 0 Å². The van der Waals surface area contributed by atoms with Gasteiger partial charge < -0.3 is 14.8 Å². The summed E-state index contributed by atoms with van der Waals surface area (Å²) in [6, 6.07) is 16.7. The molecule has 1 N–H and O–H groups in total. The summed E-state index contributed by atoms with van der Waals surface area (Å²) in [5.74, 6) is -0.0533. The number of ether oxygens (including phenoxy) is 2. The monoisotopic (exact) mass is 339 g/mol. The molecule has 5 nitrogen and oxygen atoms in total. The molecule has 0 saturated heterocycles. The number of carbonyl (C=O) groups is 2. The van der Waals surface area contributed by atoms with Crippen LogP contribution in [0.5, 0.6) is 5.75 Å². The fourth-order valence-corrected chi connectivity index (χ4v) is 2.35. The van der Waals surface area contributed by atoms with E-state index in [9.17, 15) is 9.59 Å². The lowest BCUT2D eigenvalue weighted by atomic mass is 10.1. The fraction of sp³-hybridized carbons (Fsp3) is 0.300. The normalized spacial score (nSPS) is 14.4. The van der Waals surface area contributed by atoms with Gasteiger partial charge in [0.05, 0.1) is 5.56 Å². The molecule has 0 aromatic heterocycles. The first-order valence-corrected chi connectivity index (χ1v) is 8.40. The van der Waals surface area contributed by atoms with Crippen molar-refractivity contribution in [3.63, 3.8) is 0 Å². The van der Waals surface area contributed by atoms with Crippen LogP contribution in [0.1, 0.15) is 35.7 Å². The lowest BCUT2D eigenvalue weighted by Crippen LogP contribution is -2.37. The third-order valence-corrected chi connectivity index (χ3v) is 3.95. The van der Waals surface area contributed by atoms with Crippen LogP contribution in [0.15, 0.2) is 54.6 Å². The standard InChI is InChI=1S/C20H21NO4/c1-14(19(22)21-16-11-12-16)25-20(23)18-10-6-5-7-15(18)13-24-17-8-3-2-4-9-17/h2-10,14,16H,11-13H2,1H3,(H,21,22)/t14-/m0/s1. The molecule has 130 valence electrons. The fourth-order valence-electron chi connectivity index (χ4n) is 2.35. The number of hydrogen-bond donors (Lipinski definition) is 1. The highest BCUT2D eigenvalue weighted by molar-refractivity contribution is 5.93. The van der Waals surface area contributed by atoms with Crippen molar-refractivity contribution in [1.29, 1.82) is 0 Å². The topological polar surface area (TPSA) is 64.6 Å².